The second-order valence-corrected chi connectivity index (χ2v) is 4.39. The first kappa shape index (κ1) is 9.16. The molecule has 0 bridgehead atoms. The van der Waals surface area contributed by atoms with Gasteiger partial charge in [0.15, 0.2) is 0 Å². The van der Waals surface area contributed by atoms with Crippen LogP contribution in [0, 0.1) is 11.7 Å². The molecule has 0 spiro atoms. The molecule has 0 radical (unpaired) electrons. The van der Waals surface area contributed by atoms with Gasteiger partial charge < -0.3 is 5.73 Å². The zero-order chi connectivity index (χ0) is 9.42. The number of halogens is 2. The molecule has 1 aromatic carbocycles. The molecule has 1 unspecified atom stereocenters. The summed E-state index contributed by atoms with van der Waals surface area (Å²) in [6.45, 7) is 0. The Balaban J connectivity index is 2.24. The molecule has 1 fully saturated rings. The molecule has 1 nitrogen and oxygen atoms in total. The van der Waals surface area contributed by atoms with Gasteiger partial charge in [-0.1, -0.05) is 6.07 Å². The van der Waals surface area contributed by atoms with Gasteiger partial charge in [0.2, 0.25) is 0 Å². The first-order chi connectivity index (χ1) is 6.18. The topological polar surface area (TPSA) is 26.0 Å². The lowest BCUT2D eigenvalue weighted by Gasteiger charge is -2.10. The van der Waals surface area contributed by atoms with E-state index in [4.69, 9.17) is 5.73 Å². The lowest BCUT2D eigenvalue weighted by atomic mass is 10.0. The van der Waals surface area contributed by atoms with Crippen LogP contribution in [0.2, 0.25) is 0 Å². The van der Waals surface area contributed by atoms with Gasteiger partial charge in [-0.05, 0) is 52.4 Å². The molecule has 1 atom stereocenters. The third-order valence-corrected chi connectivity index (χ3v) is 3.10. The summed E-state index contributed by atoms with van der Waals surface area (Å²) in [7, 11) is 0. The van der Waals surface area contributed by atoms with Crippen molar-refractivity contribution in [3.05, 3.63) is 34.1 Å². The lowest BCUT2D eigenvalue weighted by Crippen LogP contribution is -2.12. The van der Waals surface area contributed by atoms with Gasteiger partial charge in [-0.15, -0.1) is 0 Å². The quantitative estimate of drug-likeness (QED) is 0.850. The molecule has 0 aliphatic heterocycles. The molecule has 0 saturated heterocycles. The molecule has 0 amide bonds. The maximum Gasteiger partial charge on any atom is 0.137 e. The zero-order valence-corrected chi connectivity index (χ0v) is 8.72. The summed E-state index contributed by atoms with van der Waals surface area (Å²) >= 11 is 3.12. The second-order valence-electron chi connectivity index (χ2n) is 3.54. The van der Waals surface area contributed by atoms with Crippen LogP contribution in [-0.2, 0) is 0 Å². The van der Waals surface area contributed by atoms with Gasteiger partial charge in [-0.2, -0.15) is 0 Å². The molecular weight excluding hydrogens is 233 g/mol. The molecule has 0 aromatic heterocycles. The Morgan fingerprint density at radius 3 is 2.69 bits per heavy atom. The highest BCUT2D eigenvalue weighted by Crippen LogP contribution is 2.39. The van der Waals surface area contributed by atoms with Crippen molar-refractivity contribution in [2.45, 2.75) is 18.9 Å². The lowest BCUT2D eigenvalue weighted by molar-refractivity contribution is 0.597. The van der Waals surface area contributed by atoms with E-state index in [1.54, 1.807) is 6.07 Å². The van der Waals surface area contributed by atoms with Gasteiger partial charge in [-0.25, -0.2) is 4.39 Å². The number of rotatable bonds is 2. The Hall–Kier alpha value is -0.410. The van der Waals surface area contributed by atoms with Gasteiger partial charge in [0, 0.05) is 6.04 Å². The molecule has 1 saturated carbocycles. The monoisotopic (exact) mass is 243 g/mol. The second kappa shape index (κ2) is 3.39. The van der Waals surface area contributed by atoms with E-state index in [0.29, 0.717) is 10.4 Å². The maximum absolute atomic E-state index is 13.1. The highest BCUT2D eigenvalue weighted by Gasteiger charge is 2.29. The van der Waals surface area contributed by atoms with Gasteiger partial charge in [0.25, 0.3) is 0 Å². The van der Waals surface area contributed by atoms with Crippen LogP contribution in [0.5, 0.6) is 0 Å². The SMILES string of the molecule is NC(c1ccc(Br)c(F)c1)C1CC1. The Labute approximate surface area is 85.3 Å². The summed E-state index contributed by atoms with van der Waals surface area (Å²) in [6.07, 6.45) is 2.36. The molecule has 3 heteroatoms. The van der Waals surface area contributed by atoms with Crippen LogP contribution in [0.3, 0.4) is 0 Å². The van der Waals surface area contributed by atoms with Crippen LogP contribution in [0.4, 0.5) is 4.39 Å². The fourth-order valence-electron chi connectivity index (χ4n) is 1.45. The number of nitrogens with two attached hydrogens (primary N) is 1. The summed E-state index contributed by atoms with van der Waals surface area (Å²) in [6, 6.07) is 5.14. The van der Waals surface area contributed by atoms with E-state index in [2.05, 4.69) is 15.9 Å². The van der Waals surface area contributed by atoms with Crippen molar-refractivity contribution in [1.29, 1.82) is 0 Å². The molecular formula is C10H11BrFN. The van der Waals surface area contributed by atoms with Crippen molar-refractivity contribution < 1.29 is 4.39 Å². The fourth-order valence-corrected chi connectivity index (χ4v) is 1.69. The molecule has 1 aliphatic rings. The Morgan fingerprint density at radius 2 is 2.15 bits per heavy atom. The van der Waals surface area contributed by atoms with E-state index >= 15 is 0 Å². The first-order valence-corrected chi connectivity index (χ1v) is 5.18. The first-order valence-electron chi connectivity index (χ1n) is 4.39. The normalized spacial score (nSPS) is 18.7. The largest absolute Gasteiger partial charge is 0.324 e. The summed E-state index contributed by atoms with van der Waals surface area (Å²) < 4.78 is 13.6. The van der Waals surface area contributed by atoms with Gasteiger partial charge >= 0.3 is 0 Å². The highest BCUT2D eigenvalue weighted by molar-refractivity contribution is 9.10. The summed E-state index contributed by atoms with van der Waals surface area (Å²) in [5, 5.41) is 0. The van der Waals surface area contributed by atoms with Gasteiger partial charge in [0.1, 0.15) is 5.82 Å². The van der Waals surface area contributed by atoms with Crippen LogP contribution in [0.25, 0.3) is 0 Å². The molecule has 13 heavy (non-hydrogen) atoms. The minimum atomic E-state index is -0.228. The van der Waals surface area contributed by atoms with E-state index in [9.17, 15) is 4.39 Å². The maximum atomic E-state index is 13.1. The predicted molar refractivity (Wildman–Crippen MR) is 53.8 cm³/mol. The molecule has 0 heterocycles. The Kier molecular flexibility index (Phi) is 2.39. The summed E-state index contributed by atoms with van der Waals surface area (Å²) in [5.74, 6) is 0.342. The van der Waals surface area contributed by atoms with Crippen molar-refractivity contribution in [1.82, 2.24) is 0 Å². The third kappa shape index (κ3) is 1.92. The molecule has 1 aliphatic carbocycles. The van der Waals surface area contributed by atoms with Crippen LogP contribution in [0.15, 0.2) is 22.7 Å². The van der Waals surface area contributed by atoms with Crippen molar-refractivity contribution >= 4 is 15.9 Å². The standard InChI is InChI=1S/C10H11BrFN/c11-8-4-3-7(5-9(8)12)10(13)6-1-2-6/h3-6,10H,1-2,13H2. The van der Waals surface area contributed by atoms with Crippen molar-refractivity contribution in [3.8, 4) is 0 Å². The van der Waals surface area contributed by atoms with Crippen LogP contribution in [-0.4, -0.2) is 0 Å². The minimum Gasteiger partial charge on any atom is -0.324 e. The number of hydrogen-bond acceptors (Lipinski definition) is 1. The van der Waals surface area contributed by atoms with E-state index in [1.807, 2.05) is 6.07 Å². The smallest absolute Gasteiger partial charge is 0.137 e. The van der Waals surface area contributed by atoms with Crippen LogP contribution >= 0.6 is 15.9 Å². The fraction of sp³-hybridized carbons (Fsp3) is 0.400. The van der Waals surface area contributed by atoms with Crippen molar-refractivity contribution in [2.75, 3.05) is 0 Å². The predicted octanol–water partition coefficient (Wildman–Crippen LogP) is 3.00. The van der Waals surface area contributed by atoms with E-state index in [0.717, 1.165) is 5.56 Å². The molecule has 2 rings (SSSR count). The zero-order valence-electron chi connectivity index (χ0n) is 7.13. The van der Waals surface area contributed by atoms with Crippen molar-refractivity contribution in [3.63, 3.8) is 0 Å². The minimum absolute atomic E-state index is 0.0163. The molecule has 70 valence electrons. The van der Waals surface area contributed by atoms with E-state index in [-0.39, 0.29) is 11.9 Å². The highest BCUT2D eigenvalue weighted by atomic mass is 79.9. The van der Waals surface area contributed by atoms with Gasteiger partial charge in [0.05, 0.1) is 4.47 Å². The third-order valence-electron chi connectivity index (χ3n) is 2.46. The number of benzene rings is 1. The average molecular weight is 244 g/mol. The summed E-state index contributed by atoms with van der Waals surface area (Å²) in [5.41, 5.74) is 6.84. The van der Waals surface area contributed by atoms with E-state index < -0.39 is 0 Å². The summed E-state index contributed by atoms with van der Waals surface area (Å²) in [4.78, 5) is 0. The Morgan fingerprint density at radius 1 is 1.46 bits per heavy atom. The van der Waals surface area contributed by atoms with Crippen LogP contribution in [0.1, 0.15) is 24.4 Å². The molecule has 1 aromatic rings. The van der Waals surface area contributed by atoms with Crippen molar-refractivity contribution in [2.24, 2.45) is 11.7 Å². The van der Waals surface area contributed by atoms with Gasteiger partial charge in [-0.3, -0.25) is 0 Å². The van der Waals surface area contributed by atoms with Crippen LogP contribution < -0.4 is 5.73 Å². The Bertz CT molecular complexity index is 323. The average Bonchev–Trinajstić information content (AvgIpc) is 2.91. The molecule has 2 N–H and O–H groups in total. The van der Waals surface area contributed by atoms with E-state index in [1.165, 1.54) is 18.9 Å². The number of hydrogen-bond donors (Lipinski definition) is 1.